The molecule has 0 spiro atoms. The fourth-order valence-corrected chi connectivity index (χ4v) is 2.32. The summed E-state index contributed by atoms with van der Waals surface area (Å²) in [5.74, 6) is -0.977. The lowest BCUT2D eigenvalue weighted by Crippen LogP contribution is -2.17. The molecule has 2 rings (SSSR count). The summed E-state index contributed by atoms with van der Waals surface area (Å²) in [6.45, 7) is 0.194. The first-order valence-electron chi connectivity index (χ1n) is 7.24. The summed E-state index contributed by atoms with van der Waals surface area (Å²) in [4.78, 5) is 33.5. The third-order valence-corrected chi connectivity index (χ3v) is 3.80. The average molecular weight is 407 g/mol. The number of benzene rings is 2. The predicted molar refractivity (Wildman–Crippen MR) is 97.5 cm³/mol. The van der Waals surface area contributed by atoms with Crippen LogP contribution in [0.2, 0.25) is 0 Å². The molecular formula is C16H15BrN4O4. The molecule has 2 aromatic carbocycles. The predicted octanol–water partition coefficient (Wildman–Crippen LogP) is 2.90. The number of carbonyl (C=O) groups is 2. The molecule has 0 fully saturated rings. The van der Waals surface area contributed by atoms with Gasteiger partial charge in [0.1, 0.15) is 5.69 Å². The second-order valence-electron chi connectivity index (χ2n) is 5.09. The number of nitro groups is 1. The maximum absolute atomic E-state index is 11.9. The number of carbonyl (C=O) groups excluding carboxylic acids is 2. The molecule has 0 saturated carbocycles. The number of nitrogens with two attached hydrogens (primary N) is 1. The van der Waals surface area contributed by atoms with E-state index in [0.717, 1.165) is 10.5 Å². The van der Waals surface area contributed by atoms with E-state index in [-0.39, 0.29) is 35.8 Å². The molecule has 8 nitrogen and oxygen atoms in total. The van der Waals surface area contributed by atoms with Crippen LogP contribution in [-0.2, 0) is 4.79 Å². The Morgan fingerprint density at radius 2 is 1.84 bits per heavy atom. The topological polar surface area (TPSA) is 127 Å². The molecule has 0 radical (unpaired) electrons. The Morgan fingerprint density at radius 3 is 2.44 bits per heavy atom. The van der Waals surface area contributed by atoms with Gasteiger partial charge in [0, 0.05) is 34.8 Å². The number of primary amides is 1. The van der Waals surface area contributed by atoms with Gasteiger partial charge in [-0.05, 0) is 36.4 Å². The quantitative estimate of drug-likeness (QED) is 0.480. The molecule has 9 heteroatoms. The Hall–Kier alpha value is -2.94. The third-order valence-electron chi connectivity index (χ3n) is 3.27. The molecule has 0 aliphatic carbocycles. The minimum Gasteiger partial charge on any atom is -0.379 e. The monoisotopic (exact) mass is 406 g/mol. The highest BCUT2D eigenvalue weighted by Crippen LogP contribution is 2.25. The van der Waals surface area contributed by atoms with Gasteiger partial charge in [-0.3, -0.25) is 19.7 Å². The smallest absolute Gasteiger partial charge is 0.293 e. The lowest BCUT2D eigenvalue weighted by Gasteiger charge is -2.09. The maximum Gasteiger partial charge on any atom is 0.293 e. The highest BCUT2D eigenvalue weighted by Gasteiger charge is 2.16. The number of amides is 2. The van der Waals surface area contributed by atoms with Crippen LogP contribution >= 0.6 is 15.9 Å². The fraction of sp³-hybridized carbons (Fsp3) is 0.125. The molecule has 4 N–H and O–H groups in total. The largest absolute Gasteiger partial charge is 0.379 e. The second-order valence-corrected chi connectivity index (χ2v) is 6.00. The van der Waals surface area contributed by atoms with E-state index in [2.05, 4.69) is 26.6 Å². The van der Waals surface area contributed by atoms with Gasteiger partial charge in [-0.2, -0.15) is 0 Å². The first-order chi connectivity index (χ1) is 11.9. The molecule has 0 atom stereocenters. The zero-order valence-corrected chi connectivity index (χ0v) is 14.6. The number of anilines is 2. The summed E-state index contributed by atoms with van der Waals surface area (Å²) in [5, 5.41) is 16.6. The number of hydrogen-bond donors (Lipinski definition) is 3. The highest BCUT2D eigenvalue weighted by atomic mass is 79.9. The lowest BCUT2D eigenvalue weighted by atomic mass is 10.1. The van der Waals surface area contributed by atoms with Gasteiger partial charge in [0.25, 0.3) is 5.69 Å². The van der Waals surface area contributed by atoms with Gasteiger partial charge in [0.05, 0.1) is 4.92 Å². The molecule has 0 unspecified atom stereocenters. The molecule has 0 bridgehead atoms. The summed E-state index contributed by atoms with van der Waals surface area (Å²) in [6.07, 6.45) is 0.116. The molecule has 2 aromatic rings. The van der Waals surface area contributed by atoms with Gasteiger partial charge in [0.15, 0.2) is 0 Å². The molecule has 0 aliphatic rings. The Balaban J connectivity index is 1.94. The highest BCUT2D eigenvalue weighted by molar-refractivity contribution is 9.10. The zero-order valence-electron chi connectivity index (χ0n) is 13.0. The number of nitro benzene ring substituents is 1. The number of halogens is 1. The van der Waals surface area contributed by atoms with Crippen molar-refractivity contribution in [2.45, 2.75) is 6.42 Å². The Labute approximate surface area is 151 Å². The van der Waals surface area contributed by atoms with Crippen molar-refractivity contribution < 1.29 is 14.5 Å². The lowest BCUT2D eigenvalue weighted by molar-refractivity contribution is -0.384. The molecule has 25 heavy (non-hydrogen) atoms. The standard InChI is InChI=1S/C16H15BrN4O4/c17-11-2-4-12(5-3-11)20-15(22)7-8-19-13-6-1-10(16(18)23)9-14(13)21(24)25/h1-6,9,19H,7-8H2,(H2,18,23)(H,20,22). The van der Waals surface area contributed by atoms with Crippen molar-refractivity contribution in [1.29, 1.82) is 0 Å². The molecule has 0 heterocycles. The first-order valence-corrected chi connectivity index (χ1v) is 8.03. The van der Waals surface area contributed by atoms with Crippen LogP contribution in [0.25, 0.3) is 0 Å². The van der Waals surface area contributed by atoms with E-state index < -0.39 is 10.8 Å². The van der Waals surface area contributed by atoms with Gasteiger partial charge >= 0.3 is 0 Å². The molecule has 0 aliphatic heterocycles. The SMILES string of the molecule is NC(=O)c1ccc(NCCC(=O)Nc2ccc(Br)cc2)c([N+](=O)[O-])c1. The van der Waals surface area contributed by atoms with Crippen molar-refractivity contribution >= 4 is 44.8 Å². The maximum atomic E-state index is 11.9. The second kappa shape index (κ2) is 8.25. The normalized spacial score (nSPS) is 10.1. The number of nitrogens with zero attached hydrogens (tertiary/aromatic N) is 1. The van der Waals surface area contributed by atoms with Crippen LogP contribution in [0, 0.1) is 10.1 Å². The van der Waals surface area contributed by atoms with Crippen LogP contribution in [0.15, 0.2) is 46.9 Å². The van der Waals surface area contributed by atoms with Crippen LogP contribution in [0.3, 0.4) is 0 Å². The van der Waals surface area contributed by atoms with Crippen LogP contribution in [-0.4, -0.2) is 23.3 Å². The number of rotatable bonds is 7. The van der Waals surface area contributed by atoms with Crippen LogP contribution in [0.5, 0.6) is 0 Å². The van der Waals surface area contributed by atoms with E-state index >= 15 is 0 Å². The van der Waals surface area contributed by atoms with Gasteiger partial charge in [0.2, 0.25) is 11.8 Å². The van der Waals surface area contributed by atoms with Gasteiger partial charge < -0.3 is 16.4 Å². The van der Waals surface area contributed by atoms with Crippen molar-refractivity contribution in [3.8, 4) is 0 Å². The average Bonchev–Trinajstić information content (AvgIpc) is 2.56. The van der Waals surface area contributed by atoms with E-state index in [1.54, 1.807) is 24.3 Å². The van der Waals surface area contributed by atoms with Crippen molar-refractivity contribution in [2.75, 3.05) is 17.2 Å². The van der Waals surface area contributed by atoms with Crippen LogP contribution in [0.1, 0.15) is 16.8 Å². The van der Waals surface area contributed by atoms with Gasteiger partial charge in [-0.1, -0.05) is 15.9 Å². The van der Waals surface area contributed by atoms with Crippen molar-refractivity contribution in [3.05, 3.63) is 62.6 Å². The molecule has 0 saturated heterocycles. The molecule has 0 aromatic heterocycles. The van der Waals surface area contributed by atoms with E-state index in [9.17, 15) is 19.7 Å². The summed E-state index contributed by atoms with van der Waals surface area (Å²) in [7, 11) is 0. The Bertz CT molecular complexity index is 808. The molecular weight excluding hydrogens is 392 g/mol. The number of nitrogens with one attached hydrogen (secondary N) is 2. The summed E-state index contributed by atoms with van der Waals surface area (Å²) >= 11 is 3.31. The van der Waals surface area contributed by atoms with E-state index in [1.165, 1.54) is 12.1 Å². The van der Waals surface area contributed by atoms with Crippen molar-refractivity contribution in [3.63, 3.8) is 0 Å². The van der Waals surface area contributed by atoms with Crippen molar-refractivity contribution in [2.24, 2.45) is 5.73 Å². The summed E-state index contributed by atoms with van der Waals surface area (Å²) in [5.41, 5.74) is 5.76. The molecule has 130 valence electrons. The minimum atomic E-state index is -0.747. The van der Waals surface area contributed by atoms with Gasteiger partial charge in [-0.25, -0.2) is 0 Å². The third kappa shape index (κ3) is 5.28. The first kappa shape index (κ1) is 18.4. The van der Waals surface area contributed by atoms with E-state index in [4.69, 9.17) is 5.73 Å². The zero-order chi connectivity index (χ0) is 18.4. The summed E-state index contributed by atoms with van der Waals surface area (Å²) < 4.78 is 0.902. The molecule has 2 amide bonds. The Kier molecular flexibility index (Phi) is 6.07. The van der Waals surface area contributed by atoms with Crippen molar-refractivity contribution in [1.82, 2.24) is 0 Å². The minimum absolute atomic E-state index is 0.0465. The summed E-state index contributed by atoms with van der Waals surface area (Å²) in [6, 6.07) is 11.0. The number of hydrogen-bond acceptors (Lipinski definition) is 5. The van der Waals surface area contributed by atoms with E-state index in [0.29, 0.717) is 5.69 Å². The fourth-order valence-electron chi connectivity index (χ4n) is 2.05. The van der Waals surface area contributed by atoms with E-state index in [1.807, 2.05) is 0 Å². The van der Waals surface area contributed by atoms with Gasteiger partial charge in [-0.15, -0.1) is 0 Å². The van der Waals surface area contributed by atoms with Crippen LogP contribution in [0.4, 0.5) is 17.1 Å². The van der Waals surface area contributed by atoms with Crippen LogP contribution < -0.4 is 16.4 Å². The Morgan fingerprint density at radius 1 is 1.16 bits per heavy atom.